The average molecular weight is 412 g/mol. The zero-order valence-corrected chi connectivity index (χ0v) is 16.6. The second-order valence-electron chi connectivity index (χ2n) is 6.04. The molecular formula is C18H22ClN3O4S. The molecule has 1 aliphatic heterocycles. The fourth-order valence-corrected chi connectivity index (χ4v) is 2.99. The van der Waals surface area contributed by atoms with Crippen molar-refractivity contribution in [3.63, 3.8) is 0 Å². The zero-order valence-electron chi connectivity index (χ0n) is 15.0. The second kappa shape index (κ2) is 10.2. The fraction of sp³-hybridized carbons (Fsp3) is 0.444. The summed E-state index contributed by atoms with van der Waals surface area (Å²) in [5.74, 6) is -1.20. The van der Waals surface area contributed by atoms with Crippen LogP contribution in [0.1, 0.15) is 36.5 Å². The number of amides is 2. The number of hydrogen-bond acceptors (Lipinski definition) is 5. The van der Waals surface area contributed by atoms with Gasteiger partial charge in [-0.1, -0.05) is 24.9 Å². The van der Waals surface area contributed by atoms with E-state index in [2.05, 4.69) is 10.6 Å². The number of halogens is 1. The molecule has 1 aromatic carbocycles. The molecule has 1 unspecified atom stereocenters. The summed E-state index contributed by atoms with van der Waals surface area (Å²) in [5.41, 5.74) is 0.388. The maximum Gasteiger partial charge on any atom is 0.308 e. The molecule has 1 aromatic rings. The highest BCUT2D eigenvalue weighted by atomic mass is 35.5. The van der Waals surface area contributed by atoms with Crippen molar-refractivity contribution in [1.29, 1.82) is 0 Å². The number of carbonyl (C=O) groups is 3. The standard InChI is InChI=1S/C18H22ClN3O4S/c1-2-3-10-26-15(23)11-14-17(25)20-8-9-22(14)18(27)21-16(24)12-4-6-13(19)7-5-12/h4-7,14H,2-3,8-11H2,1H3,(H,20,25)(H,21,24,27). The highest BCUT2D eigenvalue weighted by Crippen LogP contribution is 2.13. The molecule has 7 nitrogen and oxygen atoms in total. The molecule has 0 radical (unpaired) electrons. The zero-order chi connectivity index (χ0) is 19.8. The van der Waals surface area contributed by atoms with E-state index in [4.69, 9.17) is 28.6 Å². The first-order valence-electron chi connectivity index (χ1n) is 8.73. The minimum Gasteiger partial charge on any atom is -0.466 e. The molecule has 2 amide bonds. The van der Waals surface area contributed by atoms with Crippen LogP contribution in [0.2, 0.25) is 5.02 Å². The van der Waals surface area contributed by atoms with Gasteiger partial charge in [0, 0.05) is 23.7 Å². The van der Waals surface area contributed by atoms with Crippen molar-refractivity contribution in [1.82, 2.24) is 15.5 Å². The summed E-state index contributed by atoms with van der Waals surface area (Å²) >= 11 is 11.1. The van der Waals surface area contributed by atoms with E-state index in [9.17, 15) is 14.4 Å². The van der Waals surface area contributed by atoms with Crippen molar-refractivity contribution in [2.45, 2.75) is 32.2 Å². The van der Waals surface area contributed by atoms with Gasteiger partial charge in [0.1, 0.15) is 6.04 Å². The van der Waals surface area contributed by atoms with Crippen LogP contribution < -0.4 is 10.6 Å². The molecule has 1 heterocycles. The van der Waals surface area contributed by atoms with Crippen molar-refractivity contribution in [2.75, 3.05) is 19.7 Å². The molecule has 1 fully saturated rings. The van der Waals surface area contributed by atoms with Gasteiger partial charge in [-0.2, -0.15) is 0 Å². The van der Waals surface area contributed by atoms with E-state index >= 15 is 0 Å². The van der Waals surface area contributed by atoms with E-state index in [0.29, 0.717) is 30.3 Å². The highest BCUT2D eigenvalue weighted by Gasteiger charge is 2.34. The van der Waals surface area contributed by atoms with Crippen molar-refractivity contribution >= 4 is 46.7 Å². The van der Waals surface area contributed by atoms with Gasteiger partial charge in [-0.3, -0.25) is 19.7 Å². The fourth-order valence-electron chi connectivity index (χ4n) is 2.55. The molecule has 0 spiro atoms. The maximum absolute atomic E-state index is 12.3. The van der Waals surface area contributed by atoms with Gasteiger partial charge >= 0.3 is 5.97 Å². The van der Waals surface area contributed by atoms with Crippen molar-refractivity contribution < 1.29 is 19.1 Å². The van der Waals surface area contributed by atoms with Gasteiger partial charge in [0.2, 0.25) is 5.91 Å². The summed E-state index contributed by atoms with van der Waals surface area (Å²) in [6.07, 6.45) is 1.54. The summed E-state index contributed by atoms with van der Waals surface area (Å²) in [7, 11) is 0. The number of piperazine rings is 1. The van der Waals surface area contributed by atoms with Crippen molar-refractivity contribution in [3.05, 3.63) is 34.9 Å². The van der Waals surface area contributed by atoms with Crippen LogP contribution in [0, 0.1) is 0 Å². The number of thiocarbonyl (C=S) groups is 1. The van der Waals surface area contributed by atoms with Gasteiger partial charge < -0.3 is 15.0 Å². The SMILES string of the molecule is CCCCOC(=O)CC1C(=O)NCCN1C(=S)NC(=O)c1ccc(Cl)cc1. The molecular weight excluding hydrogens is 390 g/mol. The lowest BCUT2D eigenvalue weighted by molar-refractivity contribution is -0.147. The number of ether oxygens (including phenoxy) is 1. The third-order valence-electron chi connectivity index (χ3n) is 4.04. The summed E-state index contributed by atoms with van der Waals surface area (Å²) in [6, 6.07) is 5.54. The monoisotopic (exact) mass is 411 g/mol. The summed E-state index contributed by atoms with van der Waals surface area (Å²) in [6.45, 7) is 3.07. The first kappa shape index (κ1) is 21.1. The van der Waals surface area contributed by atoms with E-state index in [0.717, 1.165) is 12.8 Å². The van der Waals surface area contributed by atoms with E-state index in [1.54, 1.807) is 29.2 Å². The molecule has 1 atom stereocenters. The second-order valence-corrected chi connectivity index (χ2v) is 6.87. The number of nitrogens with zero attached hydrogens (tertiary/aromatic N) is 1. The van der Waals surface area contributed by atoms with Crippen LogP contribution >= 0.6 is 23.8 Å². The Morgan fingerprint density at radius 3 is 2.74 bits per heavy atom. The van der Waals surface area contributed by atoms with Gasteiger partial charge in [-0.05, 0) is 42.9 Å². The van der Waals surface area contributed by atoms with Gasteiger partial charge in [0.25, 0.3) is 5.91 Å². The predicted octanol–water partition coefficient (Wildman–Crippen LogP) is 1.89. The number of hydrogen-bond donors (Lipinski definition) is 2. The third-order valence-corrected chi connectivity index (χ3v) is 4.63. The van der Waals surface area contributed by atoms with Gasteiger partial charge in [0.15, 0.2) is 5.11 Å². The predicted molar refractivity (Wildman–Crippen MR) is 106 cm³/mol. The maximum atomic E-state index is 12.3. The van der Waals surface area contributed by atoms with Crippen molar-refractivity contribution in [2.24, 2.45) is 0 Å². The topological polar surface area (TPSA) is 87.7 Å². The molecule has 9 heteroatoms. The van der Waals surface area contributed by atoms with E-state index in [1.807, 2.05) is 6.92 Å². The smallest absolute Gasteiger partial charge is 0.308 e. The quantitative estimate of drug-likeness (QED) is 0.422. The normalized spacial score (nSPS) is 16.4. The Bertz CT molecular complexity index is 711. The molecule has 2 rings (SSSR count). The molecule has 0 bridgehead atoms. The molecule has 27 heavy (non-hydrogen) atoms. The molecule has 1 saturated heterocycles. The number of unbranched alkanes of at least 4 members (excludes halogenated alkanes) is 1. The summed E-state index contributed by atoms with van der Waals surface area (Å²) in [4.78, 5) is 38.1. The van der Waals surface area contributed by atoms with E-state index < -0.39 is 17.9 Å². The van der Waals surface area contributed by atoms with Crippen LogP contribution in [0.25, 0.3) is 0 Å². The molecule has 1 aliphatic rings. The number of rotatable bonds is 6. The lowest BCUT2D eigenvalue weighted by Crippen LogP contribution is -2.60. The Kier molecular flexibility index (Phi) is 7.99. The van der Waals surface area contributed by atoms with Crippen LogP contribution in [0.4, 0.5) is 0 Å². The Morgan fingerprint density at radius 2 is 2.07 bits per heavy atom. The Morgan fingerprint density at radius 1 is 1.37 bits per heavy atom. The first-order valence-corrected chi connectivity index (χ1v) is 9.52. The molecule has 0 aromatic heterocycles. The number of carbonyl (C=O) groups excluding carboxylic acids is 3. The van der Waals surface area contributed by atoms with Crippen molar-refractivity contribution in [3.8, 4) is 0 Å². The third kappa shape index (κ3) is 6.18. The first-order chi connectivity index (χ1) is 12.9. The molecule has 0 aliphatic carbocycles. The van der Waals surface area contributed by atoms with Crippen LogP contribution in [0.5, 0.6) is 0 Å². The number of esters is 1. The lowest BCUT2D eigenvalue weighted by Gasteiger charge is -2.36. The van der Waals surface area contributed by atoms with Crippen LogP contribution in [-0.4, -0.2) is 53.5 Å². The molecule has 146 valence electrons. The highest BCUT2D eigenvalue weighted by molar-refractivity contribution is 7.80. The minimum absolute atomic E-state index is 0.0937. The minimum atomic E-state index is -0.814. The Balaban J connectivity index is 2.00. The van der Waals surface area contributed by atoms with E-state index in [-0.39, 0.29) is 17.4 Å². The van der Waals surface area contributed by atoms with Gasteiger partial charge in [0.05, 0.1) is 13.0 Å². The lowest BCUT2D eigenvalue weighted by atomic mass is 10.1. The van der Waals surface area contributed by atoms with Gasteiger partial charge in [-0.15, -0.1) is 0 Å². The van der Waals surface area contributed by atoms with Crippen LogP contribution in [-0.2, 0) is 14.3 Å². The van der Waals surface area contributed by atoms with Gasteiger partial charge in [-0.25, -0.2) is 0 Å². The van der Waals surface area contributed by atoms with Crippen LogP contribution in [0.15, 0.2) is 24.3 Å². The number of benzene rings is 1. The average Bonchev–Trinajstić information content (AvgIpc) is 2.64. The Hall–Kier alpha value is -2.19. The van der Waals surface area contributed by atoms with Crippen LogP contribution in [0.3, 0.4) is 0 Å². The largest absolute Gasteiger partial charge is 0.466 e. The number of nitrogens with one attached hydrogen (secondary N) is 2. The molecule has 0 saturated carbocycles. The summed E-state index contributed by atoms with van der Waals surface area (Å²) in [5, 5.41) is 5.92. The Labute approximate surface area is 168 Å². The summed E-state index contributed by atoms with van der Waals surface area (Å²) < 4.78 is 5.13. The van der Waals surface area contributed by atoms with E-state index in [1.165, 1.54) is 0 Å². The molecule has 2 N–H and O–H groups in total.